The third-order valence-corrected chi connectivity index (χ3v) is 23.5. The van der Waals surface area contributed by atoms with Crippen molar-refractivity contribution < 1.29 is 8.94 Å². The smallest absolute Gasteiger partial charge is 0.181 e. The van der Waals surface area contributed by atoms with E-state index in [4.69, 9.17) is 171 Å². The Morgan fingerprint density at radius 1 is 0.423 bits per heavy atom. The third kappa shape index (κ3) is 37.4. The first kappa shape index (κ1) is 103. The fourth-order valence-electron chi connectivity index (χ4n) is 9.95. The van der Waals surface area contributed by atoms with Crippen molar-refractivity contribution >= 4 is 373 Å². The molecule has 104 heavy (non-hydrogen) atoms. The van der Waals surface area contributed by atoms with Crippen LogP contribution < -0.4 is 0 Å². The molecule has 0 saturated heterocycles. The van der Waals surface area contributed by atoms with Crippen molar-refractivity contribution in [2.24, 2.45) is 0 Å². The average molecular weight is 1480 g/mol. The minimum atomic E-state index is -1.16. The molecule has 476 valence electrons. The van der Waals surface area contributed by atoms with Crippen molar-refractivity contribution in [2.45, 2.75) is 132 Å². The average Bonchev–Trinajstić information content (AvgIpc) is 0.943. The largest absolute Gasteiger partial charge is 0.449 e. The summed E-state index contributed by atoms with van der Waals surface area (Å²) >= 11 is 21.9. The van der Waals surface area contributed by atoms with E-state index in [-0.39, 0.29) is 0 Å². The molecule has 0 spiro atoms. The minimum absolute atomic E-state index is 0.573. The molecule has 12 nitrogen and oxygen atoms in total. The highest BCUT2D eigenvalue weighted by atomic mass is 35.5. The van der Waals surface area contributed by atoms with Gasteiger partial charge in [0.15, 0.2) is 6.39 Å². The molecule has 0 saturated carbocycles. The Balaban J connectivity index is 0.00000128. The second kappa shape index (κ2) is 52.9. The van der Waals surface area contributed by atoms with E-state index in [9.17, 15) is 0 Å². The first-order valence-corrected chi connectivity index (χ1v) is 39.0. The molecule has 0 unspecified atom stereocenters. The molecule has 0 aliphatic heterocycles. The summed E-state index contributed by atoms with van der Waals surface area (Å²) in [6.45, 7) is 38.1. The molecule has 9 rings (SSSR count). The van der Waals surface area contributed by atoms with E-state index >= 15 is 0 Å². The van der Waals surface area contributed by atoms with Gasteiger partial charge in [-0.15, -0.1) is 27.8 Å². The molecule has 0 aromatic carbocycles. The fourth-order valence-corrected chi connectivity index (χ4v) is 14.7. The summed E-state index contributed by atoms with van der Waals surface area (Å²) in [7, 11) is 120. The van der Waals surface area contributed by atoms with Crippen LogP contribution in [0, 0.1) is 132 Å². The quantitative estimate of drug-likeness (QED) is 0.119. The van der Waals surface area contributed by atoms with E-state index in [2.05, 4.69) is 116 Å². The van der Waals surface area contributed by atoms with Gasteiger partial charge in [-0.1, -0.05) is 32.8 Å². The zero-order valence-electron chi connectivity index (χ0n) is 63.5. The summed E-state index contributed by atoms with van der Waals surface area (Å²) < 4.78 is 30.0. The van der Waals surface area contributed by atoms with E-state index in [1.165, 1.54) is 92.9 Å². The lowest BCUT2D eigenvalue weighted by Crippen LogP contribution is -2.92. The topological polar surface area (TPSA) is 155 Å². The number of rotatable bonds is 17. The number of aryl methyl sites for hydroxylation is 18. The van der Waals surface area contributed by atoms with Crippen LogP contribution in [-0.2, 0) is 0 Å². The number of thiazole rings is 2. The molecule has 0 aliphatic carbocycles. The predicted octanol–water partition coefficient (Wildman–Crippen LogP) is 0.907. The van der Waals surface area contributed by atoms with Crippen LogP contribution in [0.3, 0.4) is 0 Å². The molecule has 0 amide bonds. The van der Waals surface area contributed by atoms with Gasteiger partial charge in [-0.2, -0.15) is 17.5 Å². The zero-order chi connectivity index (χ0) is 80.5. The van der Waals surface area contributed by atoms with E-state index in [0.29, 0.717) is 9.36 Å². The highest BCUT2D eigenvalue weighted by molar-refractivity contribution is 8.31. The number of hydrogen-bond donors (Lipinski definition) is 0. The van der Waals surface area contributed by atoms with Crippen LogP contribution in [0.15, 0.2) is 38.5 Å². The minimum Gasteiger partial charge on any atom is -0.449 e. The summed E-state index contributed by atoms with van der Waals surface area (Å²) in [6, 6.07) is 2.07. The van der Waals surface area contributed by atoms with E-state index < -0.39 is 115 Å². The van der Waals surface area contributed by atoms with Gasteiger partial charge in [0.2, 0.25) is 0 Å². The Hall–Kier alpha value is -1.19. The second-order valence-electron chi connectivity index (χ2n) is 24.9. The number of nitrogens with zero attached hydrogens (tertiary/aromatic N) is 10. The van der Waals surface area contributed by atoms with Gasteiger partial charge < -0.3 is 8.94 Å². The Kier molecular flexibility index (Phi) is 52.3. The Morgan fingerprint density at radius 2 is 0.894 bits per heavy atom. The molecule has 0 atom stereocenters. The van der Waals surface area contributed by atoms with Gasteiger partial charge in [-0.05, 0) is 206 Å². The summed E-state index contributed by atoms with van der Waals surface area (Å²) in [5, 5.41) is 11.1. The second-order valence-corrected chi connectivity index (χ2v) is 32.7. The maximum atomic E-state index is 6.27. The van der Waals surface area contributed by atoms with E-state index in [1.807, 2.05) is 95.5 Å². The SMILES string of the molecule is Cc1cc(C)sn1.Cc1cnoc1C.Cc1csnc1C.Cc1nc(C)c(C)s1.Cc1ncoc1C.Cc1ncsc1C.Cc1nnsc1C.Cc1nsc(C)c1C.Cc1nsc(Cl)c1Cl.[B]B([B])B(B([B])[B])B(B(B([B])[B])B([B])[B])B(B(B([B])[B])B([B])[B])B(B(B([B])[B])B([B])[B])B(B([B])[B])B([BH])[BH]. The molecule has 0 fully saturated rings. The molecule has 38 radical (unpaired) electrons. The van der Waals surface area contributed by atoms with Crippen molar-refractivity contribution in [3.05, 3.63) is 142 Å². The Morgan fingerprint density at radius 3 is 1.03 bits per heavy atom. The molecule has 9 aromatic rings. The van der Waals surface area contributed by atoms with Crippen molar-refractivity contribution in [2.75, 3.05) is 0 Å². The van der Waals surface area contributed by atoms with Crippen LogP contribution >= 0.6 is 104 Å². The van der Waals surface area contributed by atoms with E-state index in [0.717, 1.165) is 51.2 Å². The standard InChI is InChI=1S/2C6H9NS.2C5H7NO.3C5H7NS.C4H3Cl2NS.C4H6N2S.B38H2/c1-4-5(2)8-6(3)7-4;1-4-5(2)7-8-6(4)3;1-4-5(2)7-3-6-4;1-4-3-6-7-5(4)2;1-4-5(2)7-3-6-4;1-4-3-7-6-5(4)2;1-4-3-5(2)7-6-4;1-2-3(5)4(6)8-7-2;1-3-4(2)7-6-5-3;1-21(2)31(22(3)4)36(32(23(5)6)24(7)8)38(35(29(17)18)30(19)20)37(33(25(9)10)26(11)12)34(27(13)14)28(15)16/h2*1-3H3;5*3H,1-2H3;1H3;1-2H3;1-2H. The summed E-state index contributed by atoms with van der Waals surface area (Å²) in [6.07, 6.45) is -15.2. The van der Waals surface area contributed by atoms with Crippen LogP contribution in [0.2, 0.25) is 9.36 Å². The highest BCUT2D eigenvalue weighted by Crippen LogP contribution is 2.28. The first-order valence-electron chi connectivity index (χ1n) is 32.6. The van der Waals surface area contributed by atoms with Gasteiger partial charge >= 0.3 is 0 Å². The molecule has 0 aliphatic rings. The van der Waals surface area contributed by atoms with Crippen LogP contribution in [0.1, 0.15) is 103 Å². The van der Waals surface area contributed by atoms with Crippen molar-refractivity contribution in [3.8, 4) is 0 Å². The summed E-state index contributed by atoms with van der Waals surface area (Å²) in [4.78, 5) is 18.6. The van der Waals surface area contributed by atoms with Gasteiger partial charge in [0.05, 0.1) is 67.3 Å². The maximum absolute atomic E-state index is 6.27. The molecule has 59 heteroatoms. The number of halogens is 2. The Bertz CT molecular complexity index is 3200. The Labute approximate surface area is 696 Å². The molecular formula is C45H64B38Cl2N10O2S7. The van der Waals surface area contributed by atoms with Crippen LogP contribution in [0.4, 0.5) is 0 Å². The molecule has 0 bridgehead atoms. The fraction of sp³-hybridized carbons (Fsp3) is 0.422. The summed E-state index contributed by atoms with van der Waals surface area (Å²) in [5.74, 6) is 1.81. The van der Waals surface area contributed by atoms with Gasteiger partial charge in [0.1, 0.15) is 15.9 Å². The van der Waals surface area contributed by atoms with Crippen molar-refractivity contribution in [3.63, 3.8) is 0 Å². The van der Waals surface area contributed by atoms with Gasteiger partial charge in [-0.25, -0.2) is 15.0 Å². The number of hydrogen-bond acceptors (Lipinski definition) is 19. The van der Waals surface area contributed by atoms with Gasteiger partial charge in [-0.3, -0.25) is 0 Å². The highest BCUT2D eigenvalue weighted by Gasteiger charge is 2.56. The number of aromatic nitrogens is 10. The molecule has 9 aromatic heterocycles. The third-order valence-electron chi connectivity index (χ3n) is 16.5. The lowest BCUT2D eigenvalue weighted by atomic mass is 8.28. The lowest BCUT2D eigenvalue weighted by molar-refractivity contribution is 0.396. The lowest BCUT2D eigenvalue weighted by Gasteiger charge is -2.53. The predicted molar refractivity (Wildman–Crippen MR) is 507 cm³/mol. The molecule has 9 heterocycles. The van der Waals surface area contributed by atoms with Crippen molar-refractivity contribution in [1.82, 2.24) is 47.2 Å². The van der Waals surface area contributed by atoms with Crippen LogP contribution in [0.25, 0.3) is 0 Å². The van der Waals surface area contributed by atoms with Crippen LogP contribution in [0.5, 0.6) is 0 Å². The monoisotopic (exact) mass is 1490 g/mol. The molecule has 0 N–H and O–H groups in total. The number of oxazole rings is 1. The first-order chi connectivity index (χ1) is 48.2. The normalized spacial score (nSPS) is 9.59. The molecular weight excluding hydrogens is 1420 g/mol. The zero-order valence-corrected chi connectivity index (χ0v) is 70.7. The summed E-state index contributed by atoms with van der Waals surface area (Å²) in [5.41, 5.74) is 14.2. The van der Waals surface area contributed by atoms with Gasteiger partial charge in [0, 0.05) is 305 Å². The van der Waals surface area contributed by atoms with Gasteiger partial charge in [0.25, 0.3) is 0 Å². The van der Waals surface area contributed by atoms with Crippen molar-refractivity contribution in [1.29, 1.82) is 0 Å². The van der Waals surface area contributed by atoms with Crippen LogP contribution in [-0.4, -0.2) is 317 Å². The maximum Gasteiger partial charge on any atom is 0.181 e. The van der Waals surface area contributed by atoms with E-state index in [1.54, 1.807) is 51.9 Å².